The minimum Gasteiger partial charge on any atom is -0.311 e. The van der Waals surface area contributed by atoms with Gasteiger partial charge >= 0.3 is 0 Å². The van der Waals surface area contributed by atoms with E-state index in [2.05, 4.69) is 23.3 Å². The molecule has 13 heavy (non-hydrogen) atoms. The van der Waals surface area contributed by atoms with Gasteiger partial charge in [0.1, 0.15) is 6.54 Å². The first kappa shape index (κ1) is 12.0. The topological polar surface area (TPSA) is 29.9 Å². The zero-order valence-corrected chi connectivity index (χ0v) is 8.47. The van der Waals surface area contributed by atoms with E-state index < -0.39 is 0 Å². The molecule has 0 saturated carbocycles. The summed E-state index contributed by atoms with van der Waals surface area (Å²) < 4.78 is 1.76. The molecule has 0 spiro atoms. The molecule has 0 unspecified atom stereocenters. The van der Waals surface area contributed by atoms with Crippen molar-refractivity contribution in [1.82, 2.24) is 15.1 Å². The highest BCUT2D eigenvalue weighted by molar-refractivity contribution is 5.85. The lowest BCUT2D eigenvalue weighted by molar-refractivity contribution is 0.658. The Morgan fingerprint density at radius 3 is 3.08 bits per heavy atom. The molecule has 0 bridgehead atoms. The first-order valence-electron chi connectivity index (χ1n) is 4.03. The molecule has 0 radical (unpaired) electrons. The van der Waals surface area contributed by atoms with Gasteiger partial charge in [0.15, 0.2) is 0 Å². The summed E-state index contributed by atoms with van der Waals surface area (Å²) in [4.78, 5) is 0. The minimum absolute atomic E-state index is 0. The number of nitrogens with zero attached hydrogens (tertiary/aromatic N) is 2. The Kier molecular flexibility index (Phi) is 6.03. The summed E-state index contributed by atoms with van der Waals surface area (Å²) in [5.41, 5.74) is 1.03. The maximum atomic E-state index is 5.14. The molecule has 0 aliphatic carbocycles. The summed E-state index contributed by atoms with van der Waals surface area (Å²) >= 11 is 0. The number of hydrogen-bond acceptors (Lipinski definition) is 2. The van der Waals surface area contributed by atoms with E-state index in [4.69, 9.17) is 6.42 Å². The molecule has 1 N–H and O–H groups in total. The van der Waals surface area contributed by atoms with Crippen molar-refractivity contribution in [3.63, 3.8) is 0 Å². The van der Waals surface area contributed by atoms with E-state index in [0.29, 0.717) is 6.54 Å². The van der Waals surface area contributed by atoms with Crippen LogP contribution in [-0.2, 0) is 13.1 Å². The van der Waals surface area contributed by atoms with Gasteiger partial charge in [0, 0.05) is 12.7 Å². The average Bonchev–Trinajstić information content (AvgIpc) is 2.50. The normalized spacial score (nSPS) is 8.92. The van der Waals surface area contributed by atoms with Crippen molar-refractivity contribution in [3.8, 4) is 12.3 Å². The van der Waals surface area contributed by atoms with Crippen molar-refractivity contribution in [2.45, 2.75) is 20.0 Å². The highest BCUT2D eigenvalue weighted by atomic mass is 35.5. The fourth-order valence-electron chi connectivity index (χ4n) is 0.933. The molecule has 1 heterocycles. The Morgan fingerprint density at radius 2 is 2.46 bits per heavy atom. The maximum Gasteiger partial charge on any atom is 0.101 e. The van der Waals surface area contributed by atoms with Crippen LogP contribution in [0.2, 0.25) is 0 Å². The van der Waals surface area contributed by atoms with E-state index in [-0.39, 0.29) is 12.4 Å². The van der Waals surface area contributed by atoms with E-state index in [0.717, 1.165) is 18.8 Å². The number of rotatable bonds is 4. The van der Waals surface area contributed by atoms with Gasteiger partial charge in [-0.25, -0.2) is 0 Å². The summed E-state index contributed by atoms with van der Waals surface area (Å²) in [7, 11) is 0. The molecular weight excluding hydrogens is 186 g/mol. The van der Waals surface area contributed by atoms with Crippen molar-refractivity contribution in [2.75, 3.05) is 6.54 Å². The third-order valence-corrected chi connectivity index (χ3v) is 1.51. The van der Waals surface area contributed by atoms with Crippen LogP contribution in [0.4, 0.5) is 0 Å². The predicted octanol–water partition coefficient (Wildman–Crippen LogP) is 1.05. The van der Waals surface area contributed by atoms with E-state index in [1.54, 1.807) is 4.68 Å². The molecule has 0 aliphatic rings. The van der Waals surface area contributed by atoms with Gasteiger partial charge in [0.05, 0.1) is 5.69 Å². The fraction of sp³-hybridized carbons (Fsp3) is 0.444. The van der Waals surface area contributed by atoms with Gasteiger partial charge in [0.25, 0.3) is 0 Å². The summed E-state index contributed by atoms with van der Waals surface area (Å²) in [6, 6.07) is 1.97. The van der Waals surface area contributed by atoms with Gasteiger partial charge in [-0.3, -0.25) is 4.68 Å². The van der Waals surface area contributed by atoms with Crippen LogP contribution in [0, 0.1) is 12.3 Å². The van der Waals surface area contributed by atoms with Crippen LogP contribution in [0.1, 0.15) is 12.6 Å². The van der Waals surface area contributed by atoms with Crippen LogP contribution in [0.5, 0.6) is 0 Å². The Bertz CT molecular complexity index is 275. The summed E-state index contributed by atoms with van der Waals surface area (Å²) in [6.07, 6.45) is 7.04. The number of aromatic nitrogens is 2. The quantitative estimate of drug-likeness (QED) is 0.735. The second-order valence-corrected chi connectivity index (χ2v) is 2.49. The monoisotopic (exact) mass is 199 g/mol. The Morgan fingerprint density at radius 1 is 1.69 bits per heavy atom. The molecular formula is C9H14ClN3. The predicted molar refractivity (Wildman–Crippen MR) is 55.7 cm³/mol. The number of halogens is 1. The molecule has 0 atom stereocenters. The summed E-state index contributed by atoms with van der Waals surface area (Å²) in [5, 5.41) is 7.44. The lowest BCUT2D eigenvalue weighted by Gasteiger charge is -1.96. The molecule has 3 nitrogen and oxygen atoms in total. The smallest absolute Gasteiger partial charge is 0.101 e. The van der Waals surface area contributed by atoms with Crippen molar-refractivity contribution < 1.29 is 0 Å². The van der Waals surface area contributed by atoms with E-state index in [1.165, 1.54) is 0 Å². The van der Waals surface area contributed by atoms with Gasteiger partial charge in [-0.1, -0.05) is 12.8 Å². The molecule has 1 aromatic rings. The van der Waals surface area contributed by atoms with Crippen molar-refractivity contribution in [2.24, 2.45) is 0 Å². The first-order chi connectivity index (χ1) is 5.86. The first-order valence-corrected chi connectivity index (χ1v) is 4.03. The molecule has 0 saturated heterocycles. The highest BCUT2D eigenvalue weighted by Gasteiger charge is 1.95. The van der Waals surface area contributed by atoms with Crippen LogP contribution >= 0.6 is 12.4 Å². The van der Waals surface area contributed by atoms with Crippen LogP contribution < -0.4 is 5.32 Å². The third kappa shape index (κ3) is 3.97. The van der Waals surface area contributed by atoms with Crippen molar-refractivity contribution >= 4 is 12.4 Å². The number of nitrogens with one attached hydrogen (secondary N) is 1. The average molecular weight is 200 g/mol. The van der Waals surface area contributed by atoms with Gasteiger partial charge in [-0.2, -0.15) is 5.10 Å². The molecule has 72 valence electrons. The van der Waals surface area contributed by atoms with E-state index >= 15 is 0 Å². The largest absolute Gasteiger partial charge is 0.311 e. The molecule has 0 aromatic carbocycles. The lowest BCUT2D eigenvalue weighted by atomic mass is 10.4. The van der Waals surface area contributed by atoms with Crippen molar-refractivity contribution in [3.05, 3.63) is 18.0 Å². The number of hydrogen-bond donors (Lipinski definition) is 1. The van der Waals surface area contributed by atoms with E-state index in [1.807, 2.05) is 12.3 Å². The fourth-order valence-corrected chi connectivity index (χ4v) is 0.933. The van der Waals surface area contributed by atoms with E-state index in [9.17, 15) is 0 Å². The molecule has 0 aliphatic heterocycles. The molecule has 4 heteroatoms. The van der Waals surface area contributed by atoms with Gasteiger partial charge in [-0.15, -0.1) is 18.8 Å². The Labute approximate surface area is 84.9 Å². The second kappa shape index (κ2) is 6.53. The summed E-state index contributed by atoms with van der Waals surface area (Å²) in [5.74, 6) is 2.53. The van der Waals surface area contributed by atoms with Crippen LogP contribution in [0.3, 0.4) is 0 Å². The Balaban J connectivity index is 0.00000144. The lowest BCUT2D eigenvalue weighted by Crippen LogP contribution is -2.12. The van der Waals surface area contributed by atoms with Gasteiger partial charge < -0.3 is 5.32 Å². The van der Waals surface area contributed by atoms with Gasteiger partial charge in [-0.05, 0) is 12.6 Å². The zero-order valence-electron chi connectivity index (χ0n) is 7.66. The summed E-state index contributed by atoms with van der Waals surface area (Å²) in [6.45, 7) is 4.39. The minimum atomic E-state index is 0. The number of terminal acetylenes is 1. The SMILES string of the molecule is C#CCn1ccc(CNCC)n1.Cl. The van der Waals surface area contributed by atoms with Crippen LogP contribution in [0.25, 0.3) is 0 Å². The highest BCUT2D eigenvalue weighted by Crippen LogP contribution is 1.94. The zero-order chi connectivity index (χ0) is 8.81. The molecule has 1 rings (SSSR count). The van der Waals surface area contributed by atoms with Gasteiger partial charge in [0.2, 0.25) is 0 Å². The van der Waals surface area contributed by atoms with Crippen LogP contribution in [-0.4, -0.2) is 16.3 Å². The maximum absolute atomic E-state index is 5.14. The van der Waals surface area contributed by atoms with Crippen LogP contribution in [0.15, 0.2) is 12.3 Å². The molecule has 0 fully saturated rings. The standard InChI is InChI=1S/C9H13N3.ClH/c1-3-6-12-7-5-9(11-12)8-10-4-2;/h1,5,7,10H,4,6,8H2,2H3;1H. The molecule has 0 amide bonds. The Hall–Kier alpha value is -0.980. The van der Waals surface area contributed by atoms with Crippen molar-refractivity contribution in [1.29, 1.82) is 0 Å². The third-order valence-electron chi connectivity index (χ3n) is 1.51. The molecule has 1 aromatic heterocycles. The second-order valence-electron chi connectivity index (χ2n) is 2.49.